The van der Waals surface area contributed by atoms with Crippen LogP contribution in [0.1, 0.15) is 20.8 Å². The van der Waals surface area contributed by atoms with Crippen molar-refractivity contribution in [1.29, 1.82) is 0 Å². The summed E-state index contributed by atoms with van der Waals surface area (Å²) < 4.78 is 2.34. The molecule has 5 heteroatoms. The topological polar surface area (TPSA) is 24.3 Å². The van der Waals surface area contributed by atoms with Crippen LogP contribution < -0.4 is 9.80 Å². The molecule has 7 aromatic carbocycles. The molecule has 0 spiro atoms. The fourth-order valence-electron chi connectivity index (χ4n) is 8.40. The monoisotopic (exact) mass is 754 g/mol. The van der Waals surface area contributed by atoms with Crippen LogP contribution in [0.15, 0.2) is 198 Å². The van der Waals surface area contributed by atoms with Crippen molar-refractivity contribution < 1.29 is 0 Å². The van der Waals surface area contributed by atoms with Crippen LogP contribution >= 0.6 is 11.8 Å². The van der Waals surface area contributed by atoms with E-state index in [1.807, 2.05) is 6.20 Å². The van der Waals surface area contributed by atoms with Gasteiger partial charge in [0.05, 0.1) is 29.1 Å². The molecule has 10 rings (SSSR count). The third-order valence-corrected chi connectivity index (χ3v) is 12.0. The van der Waals surface area contributed by atoms with Gasteiger partial charge in [0.15, 0.2) is 0 Å². The largest absolute Gasteiger partial charge is 0.347 e. The standard InChI is InChI=1S/C52H42N4S/c1-52(2,3)55-35-54(47-26-12-13-27-48(47)55)39-20-14-21-40(33-39)57-41-28-29-45-44-22-10-11-25-46(44)56(49(45)34-41)50-32-38(30-31-53-50)51-42(36-16-6-4-7-17-36)23-15-24-43(51)37-18-8-5-9-19-37/h4-34H,35H2,1-3H3. The van der Waals surface area contributed by atoms with Gasteiger partial charge in [0.2, 0.25) is 0 Å². The summed E-state index contributed by atoms with van der Waals surface area (Å²) in [7, 11) is 0. The van der Waals surface area contributed by atoms with Crippen molar-refractivity contribution in [3.63, 3.8) is 0 Å². The average Bonchev–Trinajstić information content (AvgIpc) is 3.81. The molecule has 0 N–H and O–H groups in total. The second kappa shape index (κ2) is 14.2. The minimum Gasteiger partial charge on any atom is -0.347 e. The fourth-order valence-corrected chi connectivity index (χ4v) is 9.30. The Morgan fingerprint density at radius 1 is 0.509 bits per heavy atom. The first-order chi connectivity index (χ1) is 27.9. The Morgan fingerprint density at radius 2 is 1.14 bits per heavy atom. The van der Waals surface area contributed by atoms with Crippen LogP contribution in [0.25, 0.3) is 61.0 Å². The molecule has 1 aliphatic rings. The molecule has 0 radical (unpaired) electrons. The van der Waals surface area contributed by atoms with Gasteiger partial charge in [-0.15, -0.1) is 0 Å². The normalized spacial score (nSPS) is 12.8. The second-order valence-corrected chi connectivity index (χ2v) is 16.8. The minimum absolute atomic E-state index is 0.00885. The smallest absolute Gasteiger partial charge is 0.138 e. The summed E-state index contributed by atoms with van der Waals surface area (Å²) in [5, 5.41) is 2.42. The summed E-state index contributed by atoms with van der Waals surface area (Å²) in [5.41, 5.74) is 13.1. The number of anilines is 3. The molecule has 1 aliphatic heterocycles. The summed E-state index contributed by atoms with van der Waals surface area (Å²) in [6.45, 7) is 7.67. The first-order valence-corrected chi connectivity index (χ1v) is 20.4. The highest BCUT2D eigenvalue weighted by Gasteiger charge is 2.33. The summed E-state index contributed by atoms with van der Waals surface area (Å²) >= 11 is 1.80. The molecule has 0 aliphatic carbocycles. The maximum Gasteiger partial charge on any atom is 0.138 e. The zero-order valence-corrected chi connectivity index (χ0v) is 33.1. The predicted molar refractivity (Wildman–Crippen MR) is 241 cm³/mol. The molecule has 3 heterocycles. The third-order valence-electron chi connectivity index (χ3n) is 11.1. The first-order valence-electron chi connectivity index (χ1n) is 19.6. The van der Waals surface area contributed by atoms with Gasteiger partial charge in [-0.05, 0) is 115 Å². The highest BCUT2D eigenvalue weighted by molar-refractivity contribution is 7.99. The van der Waals surface area contributed by atoms with Gasteiger partial charge >= 0.3 is 0 Å². The van der Waals surface area contributed by atoms with Crippen LogP contribution in [-0.2, 0) is 0 Å². The number of fused-ring (bicyclic) bond motifs is 4. The van der Waals surface area contributed by atoms with E-state index >= 15 is 0 Å². The van der Waals surface area contributed by atoms with Crippen molar-refractivity contribution in [1.82, 2.24) is 9.55 Å². The van der Waals surface area contributed by atoms with Crippen LogP contribution in [0.3, 0.4) is 0 Å². The van der Waals surface area contributed by atoms with Crippen LogP contribution in [0.2, 0.25) is 0 Å². The molecule has 0 bridgehead atoms. The van der Waals surface area contributed by atoms with Gasteiger partial charge in [-0.1, -0.05) is 133 Å². The number of hydrogen-bond donors (Lipinski definition) is 0. The maximum atomic E-state index is 5.07. The third kappa shape index (κ3) is 6.34. The molecule has 0 saturated carbocycles. The first kappa shape index (κ1) is 34.9. The lowest BCUT2D eigenvalue weighted by atomic mass is 9.88. The van der Waals surface area contributed by atoms with Crippen LogP contribution in [0.4, 0.5) is 17.1 Å². The Balaban J connectivity index is 1.07. The molecule has 2 aromatic heterocycles. The molecule has 0 amide bonds. The van der Waals surface area contributed by atoms with E-state index in [1.165, 1.54) is 65.4 Å². The zero-order valence-electron chi connectivity index (χ0n) is 32.3. The molecule has 0 unspecified atom stereocenters. The number of rotatable bonds is 7. The quantitative estimate of drug-likeness (QED) is 0.162. The van der Waals surface area contributed by atoms with E-state index in [9.17, 15) is 0 Å². The Kier molecular flexibility index (Phi) is 8.68. The second-order valence-electron chi connectivity index (χ2n) is 15.7. The lowest BCUT2D eigenvalue weighted by molar-refractivity contribution is 0.518. The summed E-state index contributed by atoms with van der Waals surface area (Å²) in [5.74, 6) is 0.890. The molecule has 276 valence electrons. The van der Waals surface area contributed by atoms with E-state index in [-0.39, 0.29) is 5.54 Å². The molecule has 57 heavy (non-hydrogen) atoms. The molecule has 9 aromatic rings. The van der Waals surface area contributed by atoms with Crippen molar-refractivity contribution in [2.75, 3.05) is 16.5 Å². The predicted octanol–water partition coefficient (Wildman–Crippen LogP) is 14.0. The SMILES string of the molecule is CC(C)(C)N1CN(c2cccc(Sc3ccc4c5ccccc5n(-c5cc(-c6c(-c7ccccc7)cccc6-c6ccccc6)ccn5)c4c3)c2)c2ccccc21. The van der Waals surface area contributed by atoms with E-state index in [1.54, 1.807) is 11.8 Å². The van der Waals surface area contributed by atoms with Crippen molar-refractivity contribution in [2.24, 2.45) is 0 Å². The van der Waals surface area contributed by atoms with Crippen LogP contribution in [0, 0.1) is 0 Å². The lowest BCUT2D eigenvalue weighted by Gasteiger charge is -2.34. The Labute approximate surface area is 338 Å². The summed E-state index contributed by atoms with van der Waals surface area (Å²) in [4.78, 5) is 12.4. The number of hydrogen-bond acceptors (Lipinski definition) is 4. The van der Waals surface area contributed by atoms with Gasteiger partial charge in [0.1, 0.15) is 5.82 Å². The lowest BCUT2D eigenvalue weighted by Crippen LogP contribution is -2.42. The highest BCUT2D eigenvalue weighted by Crippen LogP contribution is 2.45. The van der Waals surface area contributed by atoms with Gasteiger partial charge in [-0.3, -0.25) is 4.57 Å². The molecule has 4 nitrogen and oxygen atoms in total. The van der Waals surface area contributed by atoms with E-state index in [4.69, 9.17) is 4.98 Å². The van der Waals surface area contributed by atoms with Gasteiger partial charge in [-0.25, -0.2) is 4.98 Å². The number of aromatic nitrogens is 2. The van der Waals surface area contributed by atoms with Crippen LogP contribution in [-0.4, -0.2) is 21.8 Å². The molecule has 0 fully saturated rings. The van der Waals surface area contributed by atoms with Gasteiger partial charge < -0.3 is 9.80 Å². The molecular formula is C52H42N4S. The molecule has 0 atom stereocenters. The highest BCUT2D eigenvalue weighted by atomic mass is 32.2. The van der Waals surface area contributed by atoms with E-state index in [0.29, 0.717) is 0 Å². The maximum absolute atomic E-state index is 5.07. The van der Waals surface area contributed by atoms with Crippen LogP contribution in [0.5, 0.6) is 0 Å². The minimum atomic E-state index is 0.00885. The van der Waals surface area contributed by atoms with Crippen molar-refractivity contribution in [3.05, 3.63) is 188 Å². The molecular weight excluding hydrogens is 713 g/mol. The number of pyridine rings is 1. The molecule has 0 saturated heterocycles. The average molecular weight is 755 g/mol. The van der Waals surface area contributed by atoms with Gasteiger partial charge in [0.25, 0.3) is 0 Å². The van der Waals surface area contributed by atoms with E-state index < -0.39 is 0 Å². The fraction of sp³-hybridized carbons (Fsp3) is 0.0962. The number of para-hydroxylation sites is 3. The van der Waals surface area contributed by atoms with Crippen molar-refractivity contribution >= 4 is 50.6 Å². The number of benzene rings is 7. The van der Waals surface area contributed by atoms with Gasteiger partial charge in [-0.2, -0.15) is 0 Å². The Bertz CT molecular complexity index is 2850. The number of nitrogens with zero attached hydrogens (tertiary/aromatic N) is 4. The Hall–Kier alpha value is -6.56. The van der Waals surface area contributed by atoms with E-state index in [2.05, 4.69) is 217 Å². The summed E-state index contributed by atoms with van der Waals surface area (Å²) in [6, 6.07) is 65.7. The zero-order chi connectivity index (χ0) is 38.5. The van der Waals surface area contributed by atoms with Crippen molar-refractivity contribution in [2.45, 2.75) is 36.1 Å². The van der Waals surface area contributed by atoms with Gasteiger partial charge in [0, 0.05) is 38.0 Å². The Morgan fingerprint density at radius 3 is 1.88 bits per heavy atom. The van der Waals surface area contributed by atoms with Crippen molar-refractivity contribution in [3.8, 4) is 39.2 Å². The van der Waals surface area contributed by atoms with E-state index in [0.717, 1.165) is 29.1 Å². The summed E-state index contributed by atoms with van der Waals surface area (Å²) in [6.07, 6.45) is 1.96.